The van der Waals surface area contributed by atoms with Gasteiger partial charge in [0, 0.05) is 12.5 Å². The molecule has 0 amide bonds. The SMILES string of the molecule is CC(Sc1nc2ccccc2c(=O)n1C)c1nc(C(C)(C)C)no1. The summed E-state index contributed by atoms with van der Waals surface area (Å²) in [6, 6.07) is 7.35. The molecule has 0 radical (unpaired) electrons. The van der Waals surface area contributed by atoms with E-state index in [4.69, 9.17) is 4.52 Å². The van der Waals surface area contributed by atoms with E-state index in [-0.39, 0.29) is 16.2 Å². The minimum atomic E-state index is -0.166. The van der Waals surface area contributed by atoms with Crippen LogP contribution in [0.1, 0.15) is 44.7 Å². The Balaban J connectivity index is 1.93. The third kappa shape index (κ3) is 3.08. The lowest BCUT2D eigenvalue weighted by Crippen LogP contribution is -2.20. The van der Waals surface area contributed by atoms with Crippen LogP contribution in [0.3, 0.4) is 0 Å². The molecule has 3 aromatic rings. The fourth-order valence-electron chi connectivity index (χ4n) is 2.22. The average Bonchev–Trinajstić information content (AvgIpc) is 3.02. The molecular weight excluding hydrogens is 324 g/mol. The fraction of sp³-hybridized carbons (Fsp3) is 0.412. The maximum Gasteiger partial charge on any atom is 0.261 e. The van der Waals surface area contributed by atoms with E-state index in [0.29, 0.717) is 27.8 Å². The second-order valence-corrected chi connectivity index (χ2v) is 8.05. The Morgan fingerprint density at radius 2 is 1.92 bits per heavy atom. The molecule has 1 unspecified atom stereocenters. The third-order valence-corrected chi connectivity index (χ3v) is 4.82. The van der Waals surface area contributed by atoms with Crippen molar-refractivity contribution in [3.05, 3.63) is 46.3 Å². The van der Waals surface area contributed by atoms with Crippen LogP contribution in [-0.4, -0.2) is 19.7 Å². The van der Waals surface area contributed by atoms with Crippen molar-refractivity contribution in [1.82, 2.24) is 19.7 Å². The van der Waals surface area contributed by atoms with Crippen molar-refractivity contribution in [1.29, 1.82) is 0 Å². The van der Waals surface area contributed by atoms with Crippen molar-refractivity contribution < 1.29 is 4.52 Å². The number of para-hydroxylation sites is 1. The maximum absolute atomic E-state index is 12.5. The molecule has 2 heterocycles. The van der Waals surface area contributed by atoms with Gasteiger partial charge in [0.25, 0.3) is 5.56 Å². The molecule has 0 spiro atoms. The van der Waals surface area contributed by atoms with E-state index in [1.54, 1.807) is 17.7 Å². The van der Waals surface area contributed by atoms with Gasteiger partial charge in [-0.2, -0.15) is 4.98 Å². The summed E-state index contributed by atoms with van der Waals surface area (Å²) in [5.74, 6) is 1.21. The number of thioether (sulfide) groups is 1. The van der Waals surface area contributed by atoms with Crippen molar-refractivity contribution in [3.63, 3.8) is 0 Å². The van der Waals surface area contributed by atoms with Gasteiger partial charge in [-0.05, 0) is 19.1 Å². The Kier molecular flexibility index (Phi) is 4.21. The molecule has 0 saturated heterocycles. The van der Waals surface area contributed by atoms with E-state index in [0.717, 1.165) is 0 Å². The number of hydrogen-bond donors (Lipinski definition) is 0. The van der Waals surface area contributed by atoms with Gasteiger partial charge in [-0.1, -0.05) is 49.8 Å². The van der Waals surface area contributed by atoms with Crippen LogP contribution in [0.15, 0.2) is 38.7 Å². The monoisotopic (exact) mass is 344 g/mol. The van der Waals surface area contributed by atoms with Crippen molar-refractivity contribution in [2.24, 2.45) is 7.05 Å². The molecule has 7 heteroatoms. The minimum absolute atomic E-state index is 0.0591. The highest BCUT2D eigenvalue weighted by Gasteiger charge is 2.24. The number of aromatic nitrogens is 4. The first kappa shape index (κ1) is 16.7. The summed E-state index contributed by atoms with van der Waals surface area (Å²) in [6.45, 7) is 8.07. The quantitative estimate of drug-likeness (QED) is 0.535. The summed E-state index contributed by atoms with van der Waals surface area (Å²) in [4.78, 5) is 21.5. The van der Waals surface area contributed by atoms with Crippen molar-refractivity contribution in [2.45, 2.75) is 43.5 Å². The lowest BCUT2D eigenvalue weighted by atomic mass is 9.96. The van der Waals surface area contributed by atoms with Gasteiger partial charge in [-0.25, -0.2) is 4.98 Å². The van der Waals surface area contributed by atoms with Crippen LogP contribution in [0.4, 0.5) is 0 Å². The molecule has 1 atom stereocenters. The zero-order chi connectivity index (χ0) is 17.5. The van der Waals surface area contributed by atoms with Gasteiger partial charge in [0.05, 0.1) is 16.2 Å². The molecule has 24 heavy (non-hydrogen) atoms. The molecule has 0 N–H and O–H groups in total. The first-order chi connectivity index (χ1) is 11.3. The van der Waals surface area contributed by atoms with Crippen LogP contribution >= 0.6 is 11.8 Å². The van der Waals surface area contributed by atoms with E-state index >= 15 is 0 Å². The highest BCUT2D eigenvalue weighted by Crippen LogP contribution is 2.33. The summed E-state index contributed by atoms with van der Waals surface area (Å²) in [5.41, 5.74) is 0.465. The van der Waals surface area contributed by atoms with Crippen LogP contribution in [0.25, 0.3) is 10.9 Å². The predicted molar refractivity (Wildman–Crippen MR) is 94.3 cm³/mol. The molecule has 0 fully saturated rings. The van der Waals surface area contributed by atoms with E-state index in [9.17, 15) is 4.79 Å². The molecule has 0 bridgehead atoms. The fourth-order valence-corrected chi connectivity index (χ4v) is 3.12. The summed E-state index contributed by atoms with van der Waals surface area (Å²) < 4.78 is 6.95. The third-order valence-electron chi connectivity index (χ3n) is 3.68. The van der Waals surface area contributed by atoms with E-state index in [1.807, 2.05) is 45.9 Å². The predicted octanol–water partition coefficient (Wildman–Crippen LogP) is 3.47. The van der Waals surface area contributed by atoms with Crippen LogP contribution in [-0.2, 0) is 12.5 Å². The molecule has 6 nitrogen and oxygen atoms in total. The van der Waals surface area contributed by atoms with Crippen LogP contribution in [0.2, 0.25) is 0 Å². The summed E-state index contributed by atoms with van der Waals surface area (Å²) in [7, 11) is 1.73. The zero-order valence-electron chi connectivity index (χ0n) is 14.4. The van der Waals surface area contributed by atoms with E-state index in [2.05, 4.69) is 15.1 Å². The van der Waals surface area contributed by atoms with Crippen molar-refractivity contribution >= 4 is 22.7 Å². The number of nitrogens with zero attached hydrogens (tertiary/aromatic N) is 4. The second-order valence-electron chi connectivity index (χ2n) is 6.74. The van der Waals surface area contributed by atoms with Gasteiger partial charge in [-0.15, -0.1) is 0 Å². The average molecular weight is 344 g/mol. The Morgan fingerprint density at radius 1 is 1.21 bits per heavy atom. The summed E-state index contributed by atoms with van der Waals surface area (Å²) in [6.07, 6.45) is 0. The first-order valence-corrected chi connectivity index (χ1v) is 8.62. The molecule has 126 valence electrons. The van der Waals surface area contributed by atoms with Crippen molar-refractivity contribution in [2.75, 3.05) is 0 Å². The Labute approximate surface area is 144 Å². The van der Waals surface area contributed by atoms with E-state index < -0.39 is 0 Å². The Morgan fingerprint density at radius 3 is 2.58 bits per heavy atom. The standard InChI is InChI=1S/C17H20N4O2S/c1-10(13-19-15(20-23-13)17(2,3)4)24-16-18-12-9-7-6-8-11(12)14(22)21(16)5/h6-10H,1-5H3. The zero-order valence-corrected chi connectivity index (χ0v) is 15.2. The Hall–Kier alpha value is -2.15. The van der Waals surface area contributed by atoms with Gasteiger partial charge in [0.2, 0.25) is 5.89 Å². The van der Waals surface area contributed by atoms with Crippen LogP contribution in [0, 0.1) is 0 Å². The molecule has 0 aliphatic carbocycles. The van der Waals surface area contributed by atoms with Gasteiger partial charge in [0.15, 0.2) is 11.0 Å². The highest BCUT2D eigenvalue weighted by molar-refractivity contribution is 7.99. The molecule has 2 aromatic heterocycles. The normalized spacial score (nSPS) is 13.4. The van der Waals surface area contributed by atoms with Gasteiger partial charge < -0.3 is 4.52 Å². The number of fused-ring (bicyclic) bond motifs is 1. The summed E-state index contributed by atoms with van der Waals surface area (Å²) in [5, 5.41) is 5.19. The Bertz CT molecular complexity index is 940. The van der Waals surface area contributed by atoms with Crippen molar-refractivity contribution in [3.8, 4) is 0 Å². The molecule has 0 saturated carbocycles. The molecule has 0 aliphatic rings. The van der Waals surface area contributed by atoms with E-state index in [1.165, 1.54) is 11.8 Å². The van der Waals surface area contributed by atoms with Gasteiger partial charge in [0.1, 0.15) is 0 Å². The topological polar surface area (TPSA) is 73.8 Å². The highest BCUT2D eigenvalue weighted by atomic mass is 32.2. The van der Waals surface area contributed by atoms with Crippen LogP contribution in [0.5, 0.6) is 0 Å². The smallest absolute Gasteiger partial charge is 0.261 e. The first-order valence-electron chi connectivity index (χ1n) is 7.74. The molecule has 3 rings (SSSR count). The van der Waals surface area contributed by atoms with Crippen LogP contribution < -0.4 is 5.56 Å². The number of benzene rings is 1. The van der Waals surface area contributed by atoms with Gasteiger partial charge >= 0.3 is 0 Å². The molecular formula is C17H20N4O2S. The molecule has 1 aromatic carbocycles. The number of rotatable bonds is 3. The molecule has 0 aliphatic heterocycles. The lowest BCUT2D eigenvalue weighted by molar-refractivity contribution is 0.364. The summed E-state index contributed by atoms with van der Waals surface area (Å²) >= 11 is 1.43. The minimum Gasteiger partial charge on any atom is -0.338 e. The second kappa shape index (κ2) is 6.05. The lowest BCUT2D eigenvalue weighted by Gasteiger charge is -2.12. The van der Waals surface area contributed by atoms with Gasteiger partial charge in [-0.3, -0.25) is 9.36 Å². The maximum atomic E-state index is 12.5. The largest absolute Gasteiger partial charge is 0.338 e. The number of hydrogen-bond acceptors (Lipinski definition) is 6.